The average Bonchev–Trinajstić information content (AvgIpc) is 2.26. The predicted molar refractivity (Wildman–Crippen MR) is 59.6 cm³/mol. The summed E-state index contributed by atoms with van der Waals surface area (Å²) in [5, 5.41) is 3.24. The normalized spacial score (nSPS) is 12.1. The van der Waals surface area contributed by atoms with Crippen LogP contribution in [0.25, 0.3) is 0 Å². The van der Waals surface area contributed by atoms with E-state index in [1.165, 1.54) is 5.56 Å². The maximum absolute atomic E-state index is 5.30. The number of ether oxygens (including phenoxy) is 1. The van der Waals surface area contributed by atoms with Gasteiger partial charge in [0.2, 0.25) is 0 Å². The Balaban J connectivity index is 2.95. The average molecular weight is 191 g/mol. The summed E-state index contributed by atoms with van der Waals surface area (Å²) < 4.78 is 5.30. The molecule has 0 aliphatic heterocycles. The van der Waals surface area contributed by atoms with Crippen molar-refractivity contribution >= 4 is 0 Å². The number of benzene rings is 1. The SMILES string of the molecule is C=CCC(NC)c1ccccc1OC. The Kier molecular flexibility index (Phi) is 4.20. The van der Waals surface area contributed by atoms with Gasteiger partial charge in [0, 0.05) is 11.6 Å². The summed E-state index contributed by atoms with van der Waals surface area (Å²) in [6, 6.07) is 8.32. The van der Waals surface area contributed by atoms with Gasteiger partial charge in [-0.05, 0) is 19.5 Å². The van der Waals surface area contributed by atoms with E-state index < -0.39 is 0 Å². The molecule has 0 amide bonds. The first-order valence-electron chi connectivity index (χ1n) is 4.74. The number of hydrogen-bond donors (Lipinski definition) is 1. The van der Waals surface area contributed by atoms with Crippen LogP contribution in [0.3, 0.4) is 0 Å². The largest absolute Gasteiger partial charge is 0.496 e. The predicted octanol–water partition coefficient (Wildman–Crippen LogP) is 2.53. The maximum atomic E-state index is 5.30. The quantitative estimate of drug-likeness (QED) is 0.722. The maximum Gasteiger partial charge on any atom is 0.123 e. The van der Waals surface area contributed by atoms with Crippen molar-refractivity contribution in [3.63, 3.8) is 0 Å². The summed E-state index contributed by atoms with van der Waals surface area (Å²) in [5.41, 5.74) is 1.18. The van der Waals surface area contributed by atoms with E-state index in [0.29, 0.717) is 0 Å². The molecule has 0 bridgehead atoms. The third-order valence-electron chi connectivity index (χ3n) is 2.27. The van der Waals surface area contributed by atoms with Crippen molar-refractivity contribution < 1.29 is 4.74 Å². The highest BCUT2D eigenvalue weighted by molar-refractivity contribution is 5.36. The molecule has 0 fully saturated rings. The summed E-state index contributed by atoms with van der Waals surface area (Å²) in [4.78, 5) is 0. The van der Waals surface area contributed by atoms with Gasteiger partial charge in [-0.1, -0.05) is 24.3 Å². The Bertz CT molecular complexity index is 296. The topological polar surface area (TPSA) is 21.3 Å². The number of rotatable bonds is 5. The highest BCUT2D eigenvalue weighted by atomic mass is 16.5. The van der Waals surface area contributed by atoms with Crippen molar-refractivity contribution in [1.82, 2.24) is 5.32 Å². The zero-order valence-corrected chi connectivity index (χ0v) is 8.79. The molecule has 1 unspecified atom stereocenters. The first kappa shape index (κ1) is 10.8. The van der Waals surface area contributed by atoms with Gasteiger partial charge in [0.15, 0.2) is 0 Å². The molecule has 0 saturated carbocycles. The van der Waals surface area contributed by atoms with Crippen molar-refractivity contribution in [2.24, 2.45) is 0 Å². The second-order valence-electron chi connectivity index (χ2n) is 3.11. The summed E-state index contributed by atoms with van der Waals surface area (Å²) in [6.07, 6.45) is 2.81. The molecule has 0 aromatic heterocycles. The summed E-state index contributed by atoms with van der Waals surface area (Å²) >= 11 is 0. The fraction of sp³-hybridized carbons (Fsp3) is 0.333. The van der Waals surface area contributed by atoms with E-state index in [0.717, 1.165) is 12.2 Å². The zero-order valence-electron chi connectivity index (χ0n) is 8.79. The molecule has 0 aliphatic carbocycles. The fourth-order valence-electron chi connectivity index (χ4n) is 1.52. The van der Waals surface area contributed by atoms with Crippen LogP contribution in [-0.4, -0.2) is 14.2 Å². The Morgan fingerprint density at radius 2 is 2.21 bits per heavy atom. The highest BCUT2D eigenvalue weighted by Crippen LogP contribution is 2.26. The second-order valence-corrected chi connectivity index (χ2v) is 3.11. The van der Waals surface area contributed by atoms with E-state index in [-0.39, 0.29) is 6.04 Å². The Morgan fingerprint density at radius 3 is 2.79 bits per heavy atom. The fourth-order valence-corrected chi connectivity index (χ4v) is 1.52. The van der Waals surface area contributed by atoms with Gasteiger partial charge in [-0.15, -0.1) is 6.58 Å². The molecule has 0 saturated heterocycles. The standard InChI is InChI=1S/C12H17NO/c1-4-7-11(13-2)10-8-5-6-9-12(10)14-3/h4-6,8-9,11,13H,1,7H2,2-3H3. The van der Waals surface area contributed by atoms with Crippen molar-refractivity contribution in [1.29, 1.82) is 0 Å². The number of para-hydroxylation sites is 1. The van der Waals surface area contributed by atoms with Gasteiger partial charge in [-0.3, -0.25) is 0 Å². The van der Waals surface area contributed by atoms with Gasteiger partial charge in [0.1, 0.15) is 5.75 Å². The molecule has 0 aliphatic rings. The van der Waals surface area contributed by atoms with Gasteiger partial charge in [-0.2, -0.15) is 0 Å². The monoisotopic (exact) mass is 191 g/mol. The molecular formula is C12H17NO. The number of hydrogen-bond acceptors (Lipinski definition) is 2. The van der Waals surface area contributed by atoms with E-state index >= 15 is 0 Å². The Labute approximate surface area is 85.6 Å². The van der Waals surface area contributed by atoms with Crippen molar-refractivity contribution in [2.45, 2.75) is 12.5 Å². The van der Waals surface area contributed by atoms with Crippen LogP contribution in [0.2, 0.25) is 0 Å². The molecule has 14 heavy (non-hydrogen) atoms. The van der Waals surface area contributed by atoms with Gasteiger partial charge in [-0.25, -0.2) is 0 Å². The van der Waals surface area contributed by atoms with Crippen molar-refractivity contribution in [3.05, 3.63) is 42.5 Å². The number of nitrogens with one attached hydrogen (secondary N) is 1. The van der Waals surface area contributed by atoms with Crippen LogP contribution in [0, 0.1) is 0 Å². The summed E-state index contributed by atoms with van der Waals surface area (Å²) in [6.45, 7) is 3.75. The minimum Gasteiger partial charge on any atom is -0.496 e. The van der Waals surface area contributed by atoms with E-state index in [9.17, 15) is 0 Å². The molecular weight excluding hydrogens is 174 g/mol. The Morgan fingerprint density at radius 1 is 1.50 bits per heavy atom. The molecule has 1 N–H and O–H groups in total. The highest BCUT2D eigenvalue weighted by Gasteiger charge is 2.11. The lowest BCUT2D eigenvalue weighted by molar-refractivity contribution is 0.402. The van der Waals surface area contributed by atoms with Crippen molar-refractivity contribution in [3.8, 4) is 5.75 Å². The van der Waals surface area contributed by atoms with Crippen LogP contribution >= 0.6 is 0 Å². The van der Waals surface area contributed by atoms with Crippen LogP contribution in [0.1, 0.15) is 18.0 Å². The van der Waals surface area contributed by atoms with Crippen LogP contribution < -0.4 is 10.1 Å². The molecule has 76 valence electrons. The number of methoxy groups -OCH3 is 1. The van der Waals surface area contributed by atoms with E-state index in [2.05, 4.69) is 18.0 Å². The minimum atomic E-state index is 0.281. The lowest BCUT2D eigenvalue weighted by atomic mass is 10.0. The molecule has 1 rings (SSSR count). The third-order valence-corrected chi connectivity index (χ3v) is 2.27. The lowest BCUT2D eigenvalue weighted by Gasteiger charge is -2.17. The van der Waals surface area contributed by atoms with Crippen LogP contribution in [0.5, 0.6) is 5.75 Å². The minimum absolute atomic E-state index is 0.281. The smallest absolute Gasteiger partial charge is 0.123 e. The molecule has 0 heterocycles. The van der Waals surface area contributed by atoms with Crippen LogP contribution in [0.15, 0.2) is 36.9 Å². The molecule has 1 aromatic rings. The second kappa shape index (κ2) is 5.45. The molecule has 0 radical (unpaired) electrons. The summed E-state index contributed by atoms with van der Waals surface area (Å²) in [5.74, 6) is 0.925. The van der Waals surface area contributed by atoms with Gasteiger partial charge in [0.05, 0.1) is 7.11 Å². The molecule has 1 atom stereocenters. The molecule has 2 nitrogen and oxygen atoms in total. The van der Waals surface area contributed by atoms with Crippen LogP contribution in [0.4, 0.5) is 0 Å². The first-order chi connectivity index (χ1) is 6.83. The molecule has 1 aromatic carbocycles. The molecule has 2 heteroatoms. The van der Waals surface area contributed by atoms with Gasteiger partial charge >= 0.3 is 0 Å². The molecule has 0 spiro atoms. The lowest BCUT2D eigenvalue weighted by Crippen LogP contribution is -2.16. The summed E-state index contributed by atoms with van der Waals surface area (Å²) in [7, 11) is 3.64. The van der Waals surface area contributed by atoms with E-state index in [4.69, 9.17) is 4.74 Å². The zero-order chi connectivity index (χ0) is 10.4. The van der Waals surface area contributed by atoms with E-state index in [1.807, 2.05) is 31.3 Å². The first-order valence-corrected chi connectivity index (χ1v) is 4.74. The van der Waals surface area contributed by atoms with Gasteiger partial charge in [0.25, 0.3) is 0 Å². The Hall–Kier alpha value is -1.28. The van der Waals surface area contributed by atoms with Gasteiger partial charge < -0.3 is 10.1 Å². The van der Waals surface area contributed by atoms with Crippen LogP contribution in [-0.2, 0) is 0 Å². The van der Waals surface area contributed by atoms with Crippen molar-refractivity contribution in [2.75, 3.05) is 14.2 Å². The van der Waals surface area contributed by atoms with E-state index in [1.54, 1.807) is 7.11 Å². The third kappa shape index (κ3) is 2.36.